The number of hydrogen-bond acceptors (Lipinski definition) is 3. The van der Waals surface area contributed by atoms with Crippen molar-refractivity contribution in [3.05, 3.63) is 59.9 Å². The van der Waals surface area contributed by atoms with Crippen molar-refractivity contribution in [3.8, 4) is 0 Å². The SMILES string of the molecule is C=CC(=O)N(C)c1ccc(C(=O)N2CCC(c3cc(C)[nH]n3)CC2)cc1. The molecule has 1 fully saturated rings. The number of aryl methyl sites for hydroxylation is 1. The molecule has 0 saturated carbocycles. The van der Waals surface area contributed by atoms with Gasteiger partial charge in [-0.15, -0.1) is 0 Å². The van der Waals surface area contributed by atoms with E-state index >= 15 is 0 Å². The first kappa shape index (κ1) is 17.9. The second kappa shape index (κ2) is 7.56. The van der Waals surface area contributed by atoms with Crippen LogP contribution in [-0.2, 0) is 4.79 Å². The third kappa shape index (κ3) is 3.69. The number of likely N-dealkylation sites (N-methyl/N-ethyl adjacent to an activating group) is 1. The molecule has 0 spiro atoms. The van der Waals surface area contributed by atoms with Crippen molar-refractivity contribution < 1.29 is 9.59 Å². The van der Waals surface area contributed by atoms with Crippen LogP contribution in [-0.4, -0.2) is 47.0 Å². The van der Waals surface area contributed by atoms with E-state index in [1.54, 1.807) is 31.3 Å². The zero-order valence-corrected chi connectivity index (χ0v) is 15.2. The van der Waals surface area contributed by atoms with Crippen molar-refractivity contribution in [2.75, 3.05) is 25.0 Å². The summed E-state index contributed by atoms with van der Waals surface area (Å²) in [6.45, 7) is 6.94. The van der Waals surface area contributed by atoms with Crippen LogP contribution in [0.2, 0.25) is 0 Å². The van der Waals surface area contributed by atoms with Crippen LogP contribution in [0.4, 0.5) is 5.69 Å². The van der Waals surface area contributed by atoms with Crippen LogP contribution >= 0.6 is 0 Å². The van der Waals surface area contributed by atoms with Crippen LogP contribution in [0.1, 0.15) is 40.5 Å². The first-order chi connectivity index (χ1) is 12.5. The summed E-state index contributed by atoms with van der Waals surface area (Å²) in [5.74, 6) is 0.260. The van der Waals surface area contributed by atoms with Crippen molar-refractivity contribution >= 4 is 17.5 Å². The number of H-pyrrole nitrogens is 1. The molecule has 1 saturated heterocycles. The molecule has 2 amide bonds. The minimum absolute atomic E-state index is 0.0332. The Bertz CT molecular complexity index is 801. The lowest BCUT2D eigenvalue weighted by atomic mass is 9.93. The van der Waals surface area contributed by atoms with E-state index in [0.29, 0.717) is 11.5 Å². The predicted molar refractivity (Wildman–Crippen MR) is 101 cm³/mol. The van der Waals surface area contributed by atoms with Crippen LogP contribution in [0.25, 0.3) is 0 Å². The summed E-state index contributed by atoms with van der Waals surface area (Å²) in [6.07, 6.45) is 3.11. The Morgan fingerprint density at radius 3 is 2.46 bits per heavy atom. The van der Waals surface area contributed by atoms with Crippen molar-refractivity contribution in [3.63, 3.8) is 0 Å². The van der Waals surface area contributed by atoms with Crippen LogP contribution in [0.5, 0.6) is 0 Å². The molecule has 0 radical (unpaired) electrons. The number of hydrogen-bond donors (Lipinski definition) is 1. The van der Waals surface area contributed by atoms with Gasteiger partial charge in [0.1, 0.15) is 0 Å². The highest BCUT2D eigenvalue weighted by Gasteiger charge is 2.25. The summed E-state index contributed by atoms with van der Waals surface area (Å²) < 4.78 is 0. The monoisotopic (exact) mass is 352 g/mol. The lowest BCUT2D eigenvalue weighted by Crippen LogP contribution is -2.38. The standard InChI is InChI=1S/C20H24N4O2/c1-4-19(25)23(3)17-7-5-16(6-8-17)20(26)24-11-9-15(10-12-24)18-13-14(2)21-22-18/h4-8,13,15H,1,9-12H2,2-3H3,(H,21,22). The quantitative estimate of drug-likeness (QED) is 0.860. The van der Waals surface area contributed by atoms with Crippen molar-refractivity contribution in [2.24, 2.45) is 0 Å². The summed E-state index contributed by atoms with van der Waals surface area (Å²) in [7, 11) is 1.68. The lowest BCUT2D eigenvalue weighted by Gasteiger charge is -2.31. The number of aromatic amines is 1. The van der Waals surface area contributed by atoms with E-state index in [9.17, 15) is 9.59 Å². The maximum atomic E-state index is 12.7. The summed E-state index contributed by atoms with van der Waals surface area (Å²) in [5, 5.41) is 7.33. The molecule has 1 aromatic heterocycles. The van der Waals surface area contributed by atoms with Gasteiger partial charge in [-0.25, -0.2) is 0 Å². The van der Waals surface area contributed by atoms with Gasteiger partial charge < -0.3 is 9.80 Å². The maximum absolute atomic E-state index is 12.7. The Balaban J connectivity index is 1.61. The zero-order chi connectivity index (χ0) is 18.7. The number of nitrogens with one attached hydrogen (secondary N) is 1. The van der Waals surface area contributed by atoms with Gasteiger partial charge in [0.2, 0.25) is 5.91 Å². The van der Waals surface area contributed by atoms with E-state index in [1.165, 1.54) is 11.0 Å². The van der Waals surface area contributed by atoms with Crippen molar-refractivity contribution in [2.45, 2.75) is 25.7 Å². The molecule has 1 aromatic carbocycles. The Kier molecular flexibility index (Phi) is 5.21. The molecule has 6 nitrogen and oxygen atoms in total. The average Bonchev–Trinajstić information content (AvgIpc) is 3.13. The van der Waals surface area contributed by atoms with Gasteiger partial charge in [0.15, 0.2) is 0 Å². The van der Waals surface area contributed by atoms with Gasteiger partial charge in [-0.3, -0.25) is 14.7 Å². The molecule has 2 aromatic rings. The molecule has 2 heterocycles. The molecule has 3 rings (SSSR count). The number of aromatic nitrogens is 2. The van der Waals surface area contributed by atoms with Gasteiger partial charge in [0.05, 0.1) is 5.69 Å². The number of nitrogens with zero attached hydrogens (tertiary/aromatic N) is 3. The Morgan fingerprint density at radius 2 is 1.92 bits per heavy atom. The second-order valence-electron chi connectivity index (χ2n) is 6.69. The highest BCUT2D eigenvalue weighted by atomic mass is 16.2. The number of piperidine rings is 1. The van der Waals surface area contributed by atoms with E-state index in [1.807, 2.05) is 11.8 Å². The van der Waals surface area contributed by atoms with Crippen molar-refractivity contribution in [1.82, 2.24) is 15.1 Å². The van der Waals surface area contributed by atoms with Gasteiger partial charge in [0.25, 0.3) is 5.91 Å². The first-order valence-electron chi connectivity index (χ1n) is 8.81. The van der Waals surface area contributed by atoms with Gasteiger partial charge >= 0.3 is 0 Å². The van der Waals surface area contributed by atoms with E-state index in [4.69, 9.17) is 0 Å². The fourth-order valence-electron chi connectivity index (χ4n) is 3.30. The number of rotatable bonds is 4. The molecule has 26 heavy (non-hydrogen) atoms. The van der Waals surface area contributed by atoms with Crippen LogP contribution < -0.4 is 4.90 Å². The molecular weight excluding hydrogens is 328 g/mol. The Hall–Kier alpha value is -2.89. The van der Waals surface area contributed by atoms with Crippen molar-refractivity contribution in [1.29, 1.82) is 0 Å². The second-order valence-corrected chi connectivity index (χ2v) is 6.69. The molecule has 1 aliphatic rings. The number of amides is 2. The predicted octanol–water partition coefficient (Wildman–Crippen LogP) is 2.89. The molecule has 6 heteroatoms. The minimum atomic E-state index is -0.181. The summed E-state index contributed by atoms with van der Waals surface area (Å²) in [6, 6.07) is 9.20. The molecule has 0 aliphatic carbocycles. The highest BCUT2D eigenvalue weighted by Crippen LogP contribution is 2.28. The average molecular weight is 352 g/mol. The van der Waals surface area contributed by atoms with Gasteiger partial charge in [-0.05, 0) is 56.2 Å². The Morgan fingerprint density at radius 1 is 1.27 bits per heavy atom. The third-order valence-electron chi connectivity index (χ3n) is 4.93. The molecule has 0 unspecified atom stereocenters. The lowest BCUT2D eigenvalue weighted by molar-refractivity contribution is -0.113. The number of carbonyl (C=O) groups is 2. The first-order valence-corrected chi connectivity index (χ1v) is 8.81. The minimum Gasteiger partial charge on any atom is -0.339 e. The number of anilines is 1. The topological polar surface area (TPSA) is 69.3 Å². The summed E-state index contributed by atoms with van der Waals surface area (Å²) in [5.41, 5.74) is 3.54. The third-order valence-corrected chi connectivity index (χ3v) is 4.93. The van der Waals surface area contributed by atoms with E-state index < -0.39 is 0 Å². The largest absolute Gasteiger partial charge is 0.339 e. The fourth-order valence-corrected chi connectivity index (χ4v) is 3.30. The number of benzene rings is 1. The van der Waals surface area contributed by atoms with Crippen LogP contribution in [0, 0.1) is 6.92 Å². The van der Waals surface area contributed by atoms with Crippen LogP contribution in [0.15, 0.2) is 43.0 Å². The fraction of sp³-hybridized carbons (Fsp3) is 0.350. The molecule has 136 valence electrons. The normalized spacial score (nSPS) is 14.9. The molecular formula is C20H24N4O2. The summed E-state index contributed by atoms with van der Waals surface area (Å²) in [4.78, 5) is 27.8. The van der Waals surface area contributed by atoms with Gasteiger partial charge in [-0.1, -0.05) is 6.58 Å². The molecule has 1 N–H and O–H groups in total. The van der Waals surface area contributed by atoms with Crippen LogP contribution in [0.3, 0.4) is 0 Å². The maximum Gasteiger partial charge on any atom is 0.253 e. The zero-order valence-electron chi connectivity index (χ0n) is 15.2. The van der Waals surface area contributed by atoms with Gasteiger partial charge in [0, 0.05) is 43.0 Å². The molecule has 0 bridgehead atoms. The smallest absolute Gasteiger partial charge is 0.253 e. The van der Waals surface area contributed by atoms with E-state index in [0.717, 1.165) is 43.0 Å². The number of carbonyl (C=O) groups excluding carboxylic acids is 2. The highest BCUT2D eigenvalue weighted by molar-refractivity contribution is 6.01. The Labute approximate surface area is 153 Å². The molecule has 1 aliphatic heterocycles. The van der Waals surface area contributed by atoms with E-state index in [2.05, 4.69) is 22.8 Å². The summed E-state index contributed by atoms with van der Waals surface area (Å²) >= 11 is 0. The van der Waals surface area contributed by atoms with Gasteiger partial charge in [-0.2, -0.15) is 5.10 Å². The molecule has 0 atom stereocenters. The number of likely N-dealkylation sites (tertiary alicyclic amines) is 1. The van der Waals surface area contributed by atoms with E-state index in [-0.39, 0.29) is 11.8 Å².